The normalized spacial score (nSPS) is 41.5. The van der Waals surface area contributed by atoms with Gasteiger partial charge in [-0.15, -0.1) is 12.4 Å². The van der Waals surface area contributed by atoms with Crippen molar-refractivity contribution in [1.29, 1.82) is 0 Å². The SMILES string of the molecule is CC1CN(C(=O)C2(N)C3CCCOC3C2(C)C)CCO1.Cl. The fraction of sp³-hybridized carbons (Fsp3) is 0.933. The number of hydrogen-bond donors (Lipinski definition) is 1. The number of halogens is 1. The van der Waals surface area contributed by atoms with Crippen LogP contribution in [0.5, 0.6) is 0 Å². The van der Waals surface area contributed by atoms with Crippen LogP contribution < -0.4 is 5.73 Å². The van der Waals surface area contributed by atoms with Crippen LogP contribution in [0.15, 0.2) is 0 Å². The third-order valence-electron chi connectivity index (χ3n) is 5.57. The Morgan fingerprint density at radius 3 is 2.67 bits per heavy atom. The van der Waals surface area contributed by atoms with Crippen molar-refractivity contribution in [2.45, 2.75) is 51.4 Å². The standard InChI is InChI=1S/C15H26N2O3.ClH/c1-10-9-17(6-8-19-10)13(18)15(16)11-5-4-7-20-12(11)14(15,2)3;/h10-12H,4-9,16H2,1-3H3;1H. The Morgan fingerprint density at radius 2 is 2.00 bits per heavy atom. The molecule has 4 atom stereocenters. The molecule has 2 heterocycles. The highest BCUT2D eigenvalue weighted by molar-refractivity contribution is 5.89. The molecule has 1 saturated carbocycles. The summed E-state index contributed by atoms with van der Waals surface area (Å²) >= 11 is 0. The molecule has 3 aliphatic rings. The summed E-state index contributed by atoms with van der Waals surface area (Å²) < 4.78 is 11.4. The van der Waals surface area contributed by atoms with Crippen LogP contribution in [0, 0.1) is 11.3 Å². The second-order valence-electron chi connectivity index (χ2n) is 7.06. The Hall–Kier alpha value is -0.360. The van der Waals surface area contributed by atoms with E-state index in [-0.39, 0.29) is 41.9 Å². The zero-order chi connectivity index (χ0) is 14.5. The number of morpholine rings is 1. The first kappa shape index (κ1) is 17.0. The van der Waals surface area contributed by atoms with Crippen LogP contribution in [0.2, 0.25) is 0 Å². The lowest BCUT2D eigenvalue weighted by molar-refractivity contribution is -0.232. The van der Waals surface area contributed by atoms with E-state index in [1.165, 1.54) is 0 Å². The first-order valence-electron chi connectivity index (χ1n) is 7.70. The summed E-state index contributed by atoms with van der Waals surface area (Å²) in [5.74, 6) is 0.251. The topological polar surface area (TPSA) is 64.8 Å². The number of fused-ring (bicyclic) bond motifs is 1. The van der Waals surface area contributed by atoms with E-state index >= 15 is 0 Å². The molecule has 21 heavy (non-hydrogen) atoms. The molecule has 0 aromatic carbocycles. The monoisotopic (exact) mass is 318 g/mol. The molecule has 0 radical (unpaired) electrons. The van der Waals surface area contributed by atoms with Crippen LogP contribution in [0.1, 0.15) is 33.6 Å². The number of nitrogens with two attached hydrogens (primary N) is 1. The zero-order valence-corrected chi connectivity index (χ0v) is 13.9. The van der Waals surface area contributed by atoms with Gasteiger partial charge in [-0.2, -0.15) is 0 Å². The molecule has 1 aliphatic carbocycles. The van der Waals surface area contributed by atoms with Gasteiger partial charge in [0.1, 0.15) is 5.54 Å². The van der Waals surface area contributed by atoms with Crippen LogP contribution in [-0.2, 0) is 14.3 Å². The van der Waals surface area contributed by atoms with E-state index in [0.717, 1.165) is 19.4 Å². The second-order valence-corrected chi connectivity index (χ2v) is 7.06. The largest absolute Gasteiger partial charge is 0.377 e. The average molecular weight is 319 g/mol. The number of carbonyl (C=O) groups excluding carboxylic acids is 1. The molecular formula is C15H27ClN2O3. The Labute approximate surface area is 132 Å². The molecule has 3 rings (SSSR count). The van der Waals surface area contributed by atoms with Gasteiger partial charge in [0.15, 0.2) is 0 Å². The third kappa shape index (κ3) is 2.29. The summed E-state index contributed by atoms with van der Waals surface area (Å²) in [5.41, 5.74) is 5.57. The number of rotatable bonds is 1. The Balaban J connectivity index is 0.00000161. The van der Waals surface area contributed by atoms with Crippen molar-refractivity contribution in [3.8, 4) is 0 Å². The molecule has 1 amide bonds. The average Bonchev–Trinajstić information content (AvgIpc) is 2.45. The number of hydrogen-bond acceptors (Lipinski definition) is 4. The number of ether oxygens (including phenoxy) is 2. The quantitative estimate of drug-likeness (QED) is 0.788. The van der Waals surface area contributed by atoms with Gasteiger partial charge >= 0.3 is 0 Å². The van der Waals surface area contributed by atoms with E-state index in [1.807, 2.05) is 11.8 Å². The minimum absolute atomic E-state index is 0. The minimum Gasteiger partial charge on any atom is -0.377 e. The maximum Gasteiger partial charge on any atom is 0.243 e. The van der Waals surface area contributed by atoms with Crippen molar-refractivity contribution < 1.29 is 14.3 Å². The Bertz CT molecular complexity index is 418. The highest BCUT2D eigenvalue weighted by Gasteiger charge is 2.70. The summed E-state index contributed by atoms with van der Waals surface area (Å²) in [5, 5.41) is 0. The van der Waals surface area contributed by atoms with E-state index in [2.05, 4.69) is 13.8 Å². The van der Waals surface area contributed by atoms with Crippen LogP contribution in [-0.4, -0.2) is 54.9 Å². The van der Waals surface area contributed by atoms with E-state index in [4.69, 9.17) is 15.2 Å². The molecule has 2 N–H and O–H groups in total. The van der Waals surface area contributed by atoms with Crippen LogP contribution in [0.25, 0.3) is 0 Å². The maximum atomic E-state index is 13.0. The first-order valence-corrected chi connectivity index (χ1v) is 7.70. The lowest BCUT2D eigenvalue weighted by atomic mass is 9.46. The van der Waals surface area contributed by atoms with Gasteiger partial charge in [-0.1, -0.05) is 13.8 Å². The van der Waals surface area contributed by atoms with Crippen LogP contribution in [0.3, 0.4) is 0 Å². The lowest BCUT2D eigenvalue weighted by Crippen LogP contribution is -2.82. The minimum atomic E-state index is -0.783. The zero-order valence-electron chi connectivity index (χ0n) is 13.1. The number of nitrogens with zero attached hydrogens (tertiary/aromatic N) is 1. The summed E-state index contributed by atoms with van der Waals surface area (Å²) in [6, 6.07) is 0. The van der Waals surface area contributed by atoms with Crippen molar-refractivity contribution in [1.82, 2.24) is 4.90 Å². The molecular weight excluding hydrogens is 292 g/mol. The Morgan fingerprint density at radius 1 is 1.29 bits per heavy atom. The molecule has 122 valence electrons. The van der Waals surface area contributed by atoms with Crippen molar-refractivity contribution in [2.75, 3.05) is 26.3 Å². The smallest absolute Gasteiger partial charge is 0.243 e. The van der Waals surface area contributed by atoms with E-state index < -0.39 is 5.54 Å². The second kappa shape index (κ2) is 5.69. The molecule has 2 saturated heterocycles. The predicted molar refractivity (Wildman–Crippen MR) is 82.4 cm³/mol. The molecule has 0 aromatic rings. The highest BCUT2D eigenvalue weighted by Crippen LogP contribution is 2.58. The van der Waals surface area contributed by atoms with Gasteiger partial charge in [0.2, 0.25) is 5.91 Å². The van der Waals surface area contributed by atoms with Crippen LogP contribution in [0.4, 0.5) is 0 Å². The highest BCUT2D eigenvalue weighted by atomic mass is 35.5. The summed E-state index contributed by atoms with van der Waals surface area (Å²) in [6.45, 7) is 8.84. The Kier molecular flexibility index (Phi) is 4.60. The molecule has 0 aromatic heterocycles. The van der Waals surface area contributed by atoms with Gasteiger partial charge in [-0.05, 0) is 19.8 Å². The van der Waals surface area contributed by atoms with Gasteiger partial charge in [-0.3, -0.25) is 4.79 Å². The maximum absolute atomic E-state index is 13.0. The predicted octanol–water partition coefficient (Wildman–Crippen LogP) is 1.19. The summed E-state index contributed by atoms with van der Waals surface area (Å²) in [4.78, 5) is 14.9. The van der Waals surface area contributed by atoms with Gasteiger partial charge < -0.3 is 20.1 Å². The van der Waals surface area contributed by atoms with Crippen LogP contribution >= 0.6 is 12.4 Å². The number of carbonyl (C=O) groups is 1. The van der Waals surface area contributed by atoms with Crippen molar-refractivity contribution in [3.05, 3.63) is 0 Å². The van der Waals surface area contributed by atoms with E-state index in [9.17, 15) is 4.79 Å². The number of amides is 1. The molecule has 4 unspecified atom stereocenters. The molecule has 6 heteroatoms. The van der Waals surface area contributed by atoms with Gasteiger partial charge in [0.05, 0.1) is 18.8 Å². The third-order valence-corrected chi connectivity index (χ3v) is 5.57. The molecule has 0 spiro atoms. The lowest BCUT2D eigenvalue weighted by Gasteiger charge is -2.66. The fourth-order valence-electron chi connectivity index (χ4n) is 4.27. The van der Waals surface area contributed by atoms with Crippen molar-refractivity contribution in [3.63, 3.8) is 0 Å². The summed E-state index contributed by atoms with van der Waals surface area (Å²) in [6.07, 6.45) is 2.22. The summed E-state index contributed by atoms with van der Waals surface area (Å²) in [7, 11) is 0. The fourth-order valence-corrected chi connectivity index (χ4v) is 4.27. The molecule has 0 bridgehead atoms. The van der Waals surface area contributed by atoms with Crippen molar-refractivity contribution in [2.24, 2.45) is 17.1 Å². The first-order chi connectivity index (χ1) is 9.39. The van der Waals surface area contributed by atoms with E-state index in [1.54, 1.807) is 0 Å². The van der Waals surface area contributed by atoms with Gasteiger partial charge in [-0.25, -0.2) is 0 Å². The van der Waals surface area contributed by atoms with Gasteiger partial charge in [0.25, 0.3) is 0 Å². The van der Waals surface area contributed by atoms with Crippen molar-refractivity contribution >= 4 is 18.3 Å². The molecule has 3 fully saturated rings. The van der Waals surface area contributed by atoms with Gasteiger partial charge in [0, 0.05) is 31.0 Å². The molecule has 2 aliphatic heterocycles. The van der Waals surface area contributed by atoms with E-state index in [0.29, 0.717) is 19.7 Å². The molecule has 5 nitrogen and oxygen atoms in total.